The highest BCUT2D eigenvalue weighted by molar-refractivity contribution is 5.94. The van der Waals surface area contributed by atoms with Crippen LogP contribution in [0.5, 0.6) is 11.5 Å². The molecule has 2 aliphatic rings. The van der Waals surface area contributed by atoms with E-state index in [1.165, 1.54) is 25.7 Å². The molecular weight excluding hydrogens is 280 g/mol. The topological polar surface area (TPSA) is 47.6 Å². The van der Waals surface area contributed by atoms with Crippen LogP contribution in [0.25, 0.3) is 0 Å². The summed E-state index contributed by atoms with van der Waals surface area (Å²) < 4.78 is 11.4. The fraction of sp³-hybridized carbons (Fsp3) is 0.588. The Bertz CT molecular complexity index is 565. The van der Waals surface area contributed by atoms with Crippen molar-refractivity contribution in [2.75, 3.05) is 26.2 Å². The smallest absolute Gasteiger partial charge is 0.282 e. The number of hydrogen-bond acceptors (Lipinski definition) is 3. The van der Waals surface area contributed by atoms with Gasteiger partial charge in [-0.1, -0.05) is 0 Å². The largest absolute Gasteiger partial charge is 0.454 e. The number of carbonyl (C=O) groups is 1. The Labute approximate surface area is 131 Å². The fourth-order valence-electron chi connectivity index (χ4n) is 3.41. The highest BCUT2D eigenvalue weighted by Crippen LogP contribution is 2.34. The fourth-order valence-corrected chi connectivity index (χ4v) is 3.41. The van der Waals surface area contributed by atoms with Crippen molar-refractivity contribution >= 4 is 11.6 Å². The van der Waals surface area contributed by atoms with Crippen LogP contribution in [-0.4, -0.2) is 43.4 Å². The zero-order valence-corrected chi connectivity index (χ0v) is 13.6. The molecule has 0 bridgehead atoms. The average molecular weight is 305 g/mol. The van der Waals surface area contributed by atoms with Gasteiger partial charge < -0.3 is 19.3 Å². The first-order valence-electron chi connectivity index (χ1n) is 8.02. The number of rotatable bonds is 4. The van der Waals surface area contributed by atoms with Crippen molar-refractivity contribution in [2.24, 2.45) is 0 Å². The Balaban J connectivity index is 1.68. The number of ether oxygens (including phenoxy) is 2. The molecule has 1 heterocycles. The number of amides is 1. The van der Waals surface area contributed by atoms with Crippen LogP contribution in [-0.2, 0) is 4.79 Å². The maximum atomic E-state index is 12.6. The lowest BCUT2D eigenvalue weighted by Gasteiger charge is -2.40. The van der Waals surface area contributed by atoms with Crippen LogP contribution in [0.4, 0.5) is 5.69 Å². The summed E-state index contributed by atoms with van der Waals surface area (Å²) in [5.41, 5.74) is 0.757. The van der Waals surface area contributed by atoms with Gasteiger partial charge in [0.05, 0.1) is 20.1 Å². The molecule has 5 nitrogen and oxygen atoms in total. The molecule has 22 heavy (non-hydrogen) atoms. The third-order valence-corrected chi connectivity index (χ3v) is 5.28. The number of nitrogens with zero attached hydrogens (tertiary/aromatic N) is 1. The predicted molar refractivity (Wildman–Crippen MR) is 85.0 cm³/mol. The van der Waals surface area contributed by atoms with E-state index < -0.39 is 0 Å². The van der Waals surface area contributed by atoms with Gasteiger partial charge in [0.25, 0.3) is 5.91 Å². The number of likely N-dealkylation sites (N-methyl/N-ethyl adjacent to an activating group) is 1. The first-order valence-corrected chi connectivity index (χ1v) is 8.02. The third-order valence-electron chi connectivity index (χ3n) is 5.28. The normalized spacial score (nSPS) is 19.2. The van der Waals surface area contributed by atoms with Crippen LogP contribution in [0.15, 0.2) is 18.2 Å². The second-order valence-corrected chi connectivity index (χ2v) is 6.80. The van der Waals surface area contributed by atoms with Crippen molar-refractivity contribution in [3.63, 3.8) is 0 Å². The predicted octanol–water partition coefficient (Wildman–Crippen LogP) is 2.76. The Morgan fingerprint density at radius 1 is 1.23 bits per heavy atom. The van der Waals surface area contributed by atoms with Gasteiger partial charge in [-0.3, -0.25) is 4.79 Å². The van der Waals surface area contributed by atoms with Crippen molar-refractivity contribution < 1.29 is 18.8 Å². The molecule has 5 heteroatoms. The van der Waals surface area contributed by atoms with Crippen LogP contribution in [0.1, 0.15) is 32.6 Å². The minimum absolute atomic E-state index is 0.0516. The van der Waals surface area contributed by atoms with Gasteiger partial charge in [-0.2, -0.15) is 0 Å². The van der Waals surface area contributed by atoms with Crippen LogP contribution in [0.3, 0.4) is 0 Å². The average Bonchev–Trinajstić information content (AvgIpc) is 3.17. The molecule has 1 aromatic carbocycles. The lowest BCUT2D eigenvalue weighted by molar-refractivity contribution is -0.927. The Kier molecular flexibility index (Phi) is 4.00. The van der Waals surface area contributed by atoms with Crippen molar-refractivity contribution in [3.05, 3.63) is 18.2 Å². The maximum Gasteiger partial charge on any atom is 0.282 e. The van der Waals surface area contributed by atoms with E-state index in [0.29, 0.717) is 11.8 Å². The molecule has 0 aromatic heterocycles. The molecule has 0 unspecified atom stereocenters. The van der Waals surface area contributed by atoms with Crippen LogP contribution >= 0.6 is 0 Å². The monoisotopic (exact) mass is 305 g/mol. The van der Waals surface area contributed by atoms with Crippen LogP contribution < -0.4 is 14.8 Å². The SMILES string of the molecule is C[C@H](C(=O)Nc1ccc2c(c1)OCO2)[N+](C)(C)C1CCCC1. The van der Waals surface area contributed by atoms with Gasteiger partial charge in [0, 0.05) is 11.8 Å². The molecule has 1 fully saturated rings. The van der Waals surface area contributed by atoms with E-state index in [0.717, 1.165) is 15.9 Å². The summed E-state index contributed by atoms with van der Waals surface area (Å²) in [6.07, 6.45) is 5.00. The molecule has 1 atom stereocenters. The number of benzene rings is 1. The first kappa shape index (κ1) is 15.2. The van der Waals surface area contributed by atoms with E-state index in [1.807, 2.05) is 25.1 Å². The second-order valence-electron chi connectivity index (χ2n) is 6.80. The first-order chi connectivity index (χ1) is 10.5. The zero-order chi connectivity index (χ0) is 15.7. The summed E-state index contributed by atoms with van der Waals surface area (Å²) in [6.45, 7) is 2.26. The van der Waals surface area contributed by atoms with Crippen LogP contribution in [0.2, 0.25) is 0 Å². The Hall–Kier alpha value is -1.75. The summed E-state index contributed by atoms with van der Waals surface area (Å²) in [5, 5.41) is 3.01. The van der Waals surface area contributed by atoms with Gasteiger partial charge in [0.15, 0.2) is 17.5 Å². The molecule has 0 radical (unpaired) electrons. The quantitative estimate of drug-likeness (QED) is 0.870. The van der Waals surface area contributed by atoms with E-state index >= 15 is 0 Å². The van der Waals surface area contributed by atoms with Crippen molar-refractivity contribution in [1.82, 2.24) is 0 Å². The van der Waals surface area contributed by atoms with Gasteiger partial charge >= 0.3 is 0 Å². The lowest BCUT2D eigenvalue weighted by Crippen LogP contribution is -2.57. The molecule has 1 N–H and O–H groups in total. The Morgan fingerprint density at radius 2 is 1.91 bits per heavy atom. The molecule has 120 valence electrons. The molecule has 1 aliphatic heterocycles. The number of anilines is 1. The molecule has 3 rings (SSSR count). The standard InChI is InChI=1S/C17H24N2O3/c1-12(19(2,3)14-6-4-5-7-14)17(20)18-13-8-9-15-16(10-13)22-11-21-15/h8-10,12,14H,4-7,11H2,1-3H3/p+1/t12-/m1/s1. The summed E-state index contributed by atoms with van der Waals surface area (Å²) in [4.78, 5) is 12.6. The van der Waals surface area contributed by atoms with Gasteiger partial charge in [-0.05, 0) is 44.7 Å². The van der Waals surface area contributed by atoms with Crippen LogP contribution in [0, 0.1) is 0 Å². The van der Waals surface area contributed by atoms with Crippen molar-refractivity contribution in [2.45, 2.75) is 44.7 Å². The van der Waals surface area contributed by atoms with Gasteiger partial charge in [-0.25, -0.2) is 0 Å². The van der Waals surface area contributed by atoms with Gasteiger partial charge in [0.1, 0.15) is 0 Å². The number of carbonyl (C=O) groups excluding carboxylic acids is 1. The summed E-state index contributed by atoms with van der Waals surface area (Å²) >= 11 is 0. The molecular formula is C17H25N2O3+. The molecule has 0 spiro atoms. The van der Waals surface area contributed by atoms with E-state index in [2.05, 4.69) is 19.4 Å². The van der Waals surface area contributed by atoms with Gasteiger partial charge in [-0.15, -0.1) is 0 Å². The number of fused-ring (bicyclic) bond motifs is 1. The molecule has 1 saturated carbocycles. The molecule has 1 aliphatic carbocycles. The minimum atomic E-state index is -0.0893. The second kappa shape index (κ2) is 5.80. The number of nitrogens with one attached hydrogen (secondary N) is 1. The number of hydrogen-bond donors (Lipinski definition) is 1. The lowest BCUT2D eigenvalue weighted by atomic mass is 10.1. The van der Waals surface area contributed by atoms with E-state index in [9.17, 15) is 4.79 Å². The summed E-state index contributed by atoms with van der Waals surface area (Å²) in [5.74, 6) is 1.47. The van der Waals surface area contributed by atoms with E-state index in [4.69, 9.17) is 9.47 Å². The van der Waals surface area contributed by atoms with E-state index in [-0.39, 0.29) is 18.7 Å². The van der Waals surface area contributed by atoms with E-state index in [1.54, 1.807) is 0 Å². The molecule has 0 saturated heterocycles. The number of quaternary nitrogens is 1. The third kappa shape index (κ3) is 2.77. The molecule has 1 amide bonds. The maximum absolute atomic E-state index is 12.6. The minimum Gasteiger partial charge on any atom is -0.454 e. The highest BCUT2D eigenvalue weighted by atomic mass is 16.7. The van der Waals surface area contributed by atoms with Gasteiger partial charge in [0.2, 0.25) is 6.79 Å². The van der Waals surface area contributed by atoms with Crippen molar-refractivity contribution in [3.8, 4) is 11.5 Å². The Morgan fingerprint density at radius 3 is 2.64 bits per heavy atom. The van der Waals surface area contributed by atoms with Crippen molar-refractivity contribution in [1.29, 1.82) is 0 Å². The summed E-state index contributed by atoms with van der Waals surface area (Å²) in [7, 11) is 4.33. The highest BCUT2D eigenvalue weighted by Gasteiger charge is 2.39. The zero-order valence-electron chi connectivity index (χ0n) is 13.6. The molecule has 1 aromatic rings. The summed E-state index contributed by atoms with van der Waals surface area (Å²) in [6, 6.07) is 6.00.